The van der Waals surface area contributed by atoms with E-state index >= 15 is 0 Å². The molecule has 0 bridgehead atoms. The number of fused-ring (bicyclic) bond motifs is 1. The first kappa shape index (κ1) is 57.9. The monoisotopic (exact) mass is 1050 g/mol. The standard InChI is InChI=1S/C40H28N10O15S3.3Na/c51-35-21-36(52)34(20-33(35)47-44-25-10-6-23(7-11-25)42-31-15-13-27(50(55)56)19-39(31)68(63,64)65)48-45-29-16-17-32(40-28(29)2-1-3-37(40)66(57,58)59)46-43-24-8-4-22(5-9-24)41-30-14-12-26(49(53)54)18-38(30)67(60,61)62;;;/h1-21,41-42,44,52H,(H,57,58,59)(H,60,61,62)(H,63,64,65);;;/q;3*+1/p-3/b46-43?,47-33-,48-45?;;;. The summed E-state index contributed by atoms with van der Waals surface area (Å²) in [5.74, 6) is -1.36. The van der Waals surface area contributed by atoms with Crippen LogP contribution in [0.2, 0.25) is 0 Å². The van der Waals surface area contributed by atoms with Crippen LogP contribution in [0.4, 0.5) is 56.9 Å². The van der Waals surface area contributed by atoms with Gasteiger partial charge in [-0.25, -0.2) is 25.3 Å². The van der Waals surface area contributed by atoms with Gasteiger partial charge in [0.15, 0.2) is 0 Å². The van der Waals surface area contributed by atoms with Gasteiger partial charge in [0, 0.05) is 58.6 Å². The second-order valence-corrected chi connectivity index (χ2v) is 17.9. The summed E-state index contributed by atoms with van der Waals surface area (Å²) in [4.78, 5) is 30.9. The molecule has 0 radical (unpaired) electrons. The first-order valence-electron chi connectivity index (χ1n) is 18.6. The number of allylic oxidation sites excluding steroid dienone is 2. The number of carbonyl (C=O) groups excluding carboxylic acids is 1. The molecule has 0 amide bonds. The van der Waals surface area contributed by atoms with Crippen molar-refractivity contribution >= 4 is 109 Å². The van der Waals surface area contributed by atoms with E-state index in [1.165, 1.54) is 72.8 Å². The van der Waals surface area contributed by atoms with Crippen LogP contribution < -0.4 is 105 Å². The largest absolute Gasteiger partial charge is 1.00 e. The minimum absolute atomic E-state index is 0. The third kappa shape index (κ3) is 14.3. The van der Waals surface area contributed by atoms with Crippen molar-refractivity contribution in [3.8, 4) is 0 Å². The summed E-state index contributed by atoms with van der Waals surface area (Å²) in [7, 11) is -15.4. The average molecular weight is 1050 g/mol. The Morgan fingerprint density at radius 3 is 1.52 bits per heavy atom. The van der Waals surface area contributed by atoms with E-state index in [1.54, 1.807) is 0 Å². The predicted molar refractivity (Wildman–Crippen MR) is 237 cm³/mol. The molecule has 25 nitrogen and oxygen atoms in total. The first-order chi connectivity index (χ1) is 32.0. The van der Waals surface area contributed by atoms with Crippen molar-refractivity contribution < 1.29 is 147 Å². The normalized spacial score (nSPS) is 13.4. The molecule has 0 saturated heterocycles. The second kappa shape index (κ2) is 23.7. The Bertz CT molecular complexity index is 3620. The summed E-state index contributed by atoms with van der Waals surface area (Å²) < 4.78 is 108. The molecule has 0 spiro atoms. The molecular formula is C40H25N10Na3O15S3. The van der Waals surface area contributed by atoms with Crippen LogP contribution in [-0.2, 0) is 35.1 Å². The molecule has 7 rings (SSSR count). The molecule has 0 aliphatic heterocycles. The van der Waals surface area contributed by atoms with Gasteiger partial charge in [0.1, 0.15) is 47.5 Å². The number of hydrogen-bond donors (Lipinski definition) is 4. The number of nitrogens with zero attached hydrogens (tertiary/aromatic N) is 7. The van der Waals surface area contributed by atoms with Crippen LogP contribution in [0.3, 0.4) is 0 Å². The van der Waals surface area contributed by atoms with Crippen molar-refractivity contribution in [3.63, 3.8) is 0 Å². The van der Waals surface area contributed by atoms with E-state index in [1.807, 2.05) is 0 Å². The molecule has 346 valence electrons. The number of ketones is 1. The fraction of sp³-hybridized carbons (Fsp3) is 0. The third-order valence-corrected chi connectivity index (χ3v) is 12.0. The first-order valence-corrected chi connectivity index (χ1v) is 22.9. The summed E-state index contributed by atoms with van der Waals surface area (Å²) in [6.07, 6.45) is 1.89. The smallest absolute Gasteiger partial charge is 0.744 e. The quantitative estimate of drug-likeness (QED) is 0.0233. The van der Waals surface area contributed by atoms with E-state index in [4.69, 9.17) is 0 Å². The third-order valence-electron chi connectivity index (χ3n) is 9.33. The molecule has 1 aliphatic carbocycles. The Morgan fingerprint density at radius 1 is 0.535 bits per heavy atom. The van der Waals surface area contributed by atoms with Crippen LogP contribution in [0, 0.1) is 20.2 Å². The van der Waals surface area contributed by atoms with Gasteiger partial charge in [-0.05, 0) is 78.9 Å². The second-order valence-electron chi connectivity index (χ2n) is 13.8. The topological polar surface area (TPSA) is 393 Å². The van der Waals surface area contributed by atoms with Crippen LogP contribution in [0.25, 0.3) is 10.8 Å². The number of hydrazone groups is 1. The van der Waals surface area contributed by atoms with Crippen LogP contribution in [0.1, 0.15) is 0 Å². The molecule has 71 heavy (non-hydrogen) atoms. The summed E-state index contributed by atoms with van der Waals surface area (Å²) >= 11 is 0. The van der Waals surface area contributed by atoms with E-state index < -0.39 is 77.8 Å². The van der Waals surface area contributed by atoms with E-state index in [-0.39, 0.29) is 151 Å². The molecule has 0 fully saturated rings. The van der Waals surface area contributed by atoms with Gasteiger partial charge in [0.2, 0.25) is 5.78 Å². The number of nitro groups is 2. The fourth-order valence-electron chi connectivity index (χ4n) is 6.20. The number of nitrogens with one attached hydrogen (secondary N) is 3. The van der Waals surface area contributed by atoms with Crippen molar-refractivity contribution in [1.29, 1.82) is 0 Å². The van der Waals surface area contributed by atoms with Gasteiger partial charge in [-0.1, -0.05) is 12.1 Å². The Morgan fingerprint density at radius 2 is 1.01 bits per heavy atom. The summed E-state index contributed by atoms with van der Waals surface area (Å²) in [6.45, 7) is 0. The molecule has 0 unspecified atom stereocenters. The molecule has 6 aromatic rings. The van der Waals surface area contributed by atoms with Gasteiger partial charge < -0.3 is 29.4 Å². The van der Waals surface area contributed by atoms with Crippen LogP contribution in [0.5, 0.6) is 0 Å². The predicted octanol–water partition coefficient (Wildman–Crippen LogP) is -1.26. The molecule has 0 saturated carbocycles. The van der Waals surface area contributed by atoms with Crippen LogP contribution >= 0.6 is 0 Å². The van der Waals surface area contributed by atoms with Gasteiger partial charge in [0.05, 0.1) is 58.7 Å². The number of aliphatic hydroxyl groups excluding tert-OH is 1. The Kier molecular flexibility index (Phi) is 19.3. The van der Waals surface area contributed by atoms with Gasteiger partial charge in [0.25, 0.3) is 11.4 Å². The number of benzene rings is 6. The summed E-state index contributed by atoms with van der Waals surface area (Å²) in [6, 6.07) is 23.1. The number of azo groups is 2. The van der Waals surface area contributed by atoms with Crippen molar-refractivity contribution in [1.82, 2.24) is 0 Å². The minimum atomic E-state index is -5.14. The Hall–Kier alpha value is -5.67. The molecule has 31 heteroatoms. The zero-order chi connectivity index (χ0) is 49.1. The Labute approximate surface area is 467 Å². The number of hydrogen-bond acceptors (Lipinski definition) is 23. The summed E-state index contributed by atoms with van der Waals surface area (Å²) in [5, 5.41) is 58.5. The van der Waals surface area contributed by atoms with E-state index in [9.17, 15) is 69.0 Å². The molecule has 1 aliphatic rings. The summed E-state index contributed by atoms with van der Waals surface area (Å²) in [5.41, 5.74) is 1.28. The Balaban J connectivity index is 0.00000365. The molecule has 6 aromatic carbocycles. The van der Waals surface area contributed by atoms with Crippen molar-refractivity contribution in [3.05, 3.63) is 159 Å². The van der Waals surface area contributed by atoms with Gasteiger partial charge >= 0.3 is 88.7 Å². The van der Waals surface area contributed by atoms with Crippen LogP contribution in [-0.4, -0.2) is 65.4 Å². The van der Waals surface area contributed by atoms with Gasteiger partial charge in [-0.15, -0.1) is 15.3 Å². The SMILES string of the molecule is O=C1C=C(O)C(N=Nc2ccc(N=Nc3ccc(Nc4ccc([N+](=O)[O-])cc4S(=O)(=O)[O-])cc3)c3c(S(=O)(=O)[O-])cccc23)=C/C1=N/Nc1ccc(Nc2ccc([N+](=O)[O-])cc2S(=O)(=O)[O-])cc1.[Na+].[Na+].[Na+]. The van der Waals surface area contributed by atoms with E-state index in [0.717, 1.165) is 42.5 Å². The number of aliphatic hydroxyl groups is 1. The maximum atomic E-state index is 12.7. The maximum absolute atomic E-state index is 12.7. The van der Waals surface area contributed by atoms with E-state index in [2.05, 4.69) is 41.6 Å². The molecule has 0 heterocycles. The van der Waals surface area contributed by atoms with E-state index in [0.29, 0.717) is 17.8 Å². The average Bonchev–Trinajstić information content (AvgIpc) is 3.27. The molecule has 0 atom stereocenters. The maximum Gasteiger partial charge on any atom is 1.00 e. The number of non-ortho nitro benzene ring substituents is 2. The fourth-order valence-corrected chi connectivity index (χ4v) is 8.21. The zero-order valence-electron chi connectivity index (χ0n) is 36.6. The number of rotatable bonds is 15. The number of carbonyl (C=O) groups is 1. The van der Waals surface area contributed by atoms with Gasteiger partial charge in [-0.2, -0.15) is 10.2 Å². The van der Waals surface area contributed by atoms with Crippen molar-refractivity contribution in [2.24, 2.45) is 25.6 Å². The zero-order valence-corrected chi connectivity index (χ0v) is 45.1. The van der Waals surface area contributed by atoms with Crippen molar-refractivity contribution in [2.45, 2.75) is 14.7 Å². The van der Waals surface area contributed by atoms with Crippen molar-refractivity contribution in [2.75, 3.05) is 16.1 Å². The minimum Gasteiger partial charge on any atom is -0.744 e. The molecule has 4 N–H and O–H groups in total. The number of anilines is 5. The van der Waals surface area contributed by atoms with Gasteiger partial charge in [-0.3, -0.25) is 30.4 Å². The molecular weight excluding hydrogens is 1030 g/mol. The van der Waals surface area contributed by atoms with Crippen LogP contribution in [0.15, 0.2) is 179 Å². The molecule has 0 aromatic heterocycles. The number of nitro benzene ring substituents is 2.